The van der Waals surface area contributed by atoms with E-state index in [0.29, 0.717) is 0 Å². The van der Waals surface area contributed by atoms with Gasteiger partial charge in [-0.15, -0.1) is 0 Å². The van der Waals surface area contributed by atoms with E-state index in [1.54, 1.807) is 0 Å². The van der Waals surface area contributed by atoms with Gasteiger partial charge in [-0.1, -0.05) is 53.6 Å². The number of aromatic nitrogens is 1. The second kappa shape index (κ2) is 5.66. The van der Waals surface area contributed by atoms with Gasteiger partial charge in [0.1, 0.15) is 0 Å². The highest BCUT2D eigenvalue weighted by atomic mass is 14.8. The van der Waals surface area contributed by atoms with Crippen molar-refractivity contribution in [3.8, 4) is 0 Å². The maximum absolute atomic E-state index is 6.43. The summed E-state index contributed by atoms with van der Waals surface area (Å²) in [6, 6.07) is 16.8. The quantitative estimate of drug-likeness (QED) is 0.782. The van der Waals surface area contributed by atoms with Gasteiger partial charge in [0, 0.05) is 11.6 Å². The van der Waals surface area contributed by atoms with Crippen molar-refractivity contribution >= 4 is 10.8 Å². The van der Waals surface area contributed by atoms with Crippen LogP contribution in [0.25, 0.3) is 10.8 Å². The van der Waals surface area contributed by atoms with E-state index in [-0.39, 0.29) is 6.04 Å². The number of benzene rings is 2. The number of rotatable bonds is 3. The molecule has 106 valence electrons. The lowest BCUT2D eigenvalue weighted by Gasteiger charge is -2.14. The van der Waals surface area contributed by atoms with E-state index in [4.69, 9.17) is 5.73 Å². The van der Waals surface area contributed by atoms with Gasteiger partial charge < -0.3 is 5.73 Å². The Hall–Kier alpha value is -2.19. The van der Waals surface area contributed by atoms with Crippen molar-refractivity contribution in [2.45, 2.75) is 26.3 Å². The second-order valence-corrected chi connectivity index (χ2v) is 5.72. The van der Waals surface area contributed by atoms with Crippen LogP contribution in [0, 0.1) is 13.8 Å². The molecular formula is C19H20N2. The van der Waals surface area contributed by atoms with Crippen molar-refractivity contribution in [3.05, 3.63) is 77.1 Å². The Bertz CT molecular complexity index is 752. The van der Waals surface area contributed by atoms with Crippen LogP contribution in [0.3, 0.4) is 0 Å². The Labute approximate surface area is 125 Å². The first-order chi connectivity index (χ1) is 10.1. The molecule has 2 aromatic carbocycles. The molecule has 0 aliphatic carbocycles. The van der Waals surface area contributed by atoms with Gasteiger partial charge in [-0.25, -0.2) is 0 Å². The molecule has 0 bridgehead atoms. The summed E-state index contributed by atoms with van der Waals surface area (Å²) in [7, 11) is 0. The van der Waals surface area contributed by atoms with E-state index in [1.807, 2.05) is 24.4 Å². The van der Waals surface area contributed by atoms with Crippen molar-refractivity contribution in [2.24, 2.45) is 5.73 Å². The number of nitrogens with two attached hydrogens (primary N) is 1. The normalized spacial score (nSPS) is 12.5. The zero-order valence-electron chi connectivity index (χ0n) is 12.5. The van der Waals surface area contributed by atoms with Gasteiger partial charge in [-0.05, 0) is 37.3 Å². The van der Waals surface area contributed by atoms with Crippen molar-refractivity contribution < 1.29 is 0 Å². The number of fused-ring (bicyclic) bond motifs is 1. The van der Waals surface area contributed by atoms with Crippen LogP contribution >= 0.6 is 0 Å². The van der Waals surface area contributed by atoms with E-state index >= 15 is 0 Å². The minimum absolute atomic E-state index is 0.0858. The van der Waals surface area contributed by atoms with Crippen LogP contribution in [0.15, 0.2) is 54.7 Å². The topological polar surface area (TPSA) is 38.9 Å². The van der Waals surface area contributed by atoms with Crippen LogP contribution in [0.1, 0.15) is 28.4 Å². The maximum atomic E-state index is 6.43. The maximum Gasteiger partial charge on any atom is 0.0652 e. The summed E-state index contributed by atoms with van der Waals surface area (Å²) in [4.78, 5) is 4.52. The van der Waals surface area contributed by atoms with Crippen LogP contribution in [-0.2, 0) is 6.42 Å². The third kappa shape index (κ3) is 2.96. The van der Waals surface area contributed by atoms with Gasteiger partial charge in [0.05, 0.1) is 11.7 Å². The van der Waals surface area contributed by atoms with Crippen molar-refractivity contribution in [3.63, 3.8) is 0 Å². The largest absolute Gasteiger partial charge is 0.322 e. The van der Waals surface area contributed by atoms with Gasteiger partial charge in [-0.2, -0.15) is 0 Å². The molecule has 0 saturated carbocycles. The molecule has 0 aliphatic heterocycles. The van der Waals surface area contributed by atoms with Crippen LogP contribution in [0.2, 0.25) is 0 Å². The summed E-state index contributed by atoms with van der Waals surface area (Å²) in [6.07, 6.45) is 2.66. The fraction of sp³-hybridized carbons (Fsp3) is 0.211. The molecule has 0 spiro atoms. The smallest absolute Gasteiger partial charge is 0.0652 e. The number of hydrogen-bond acceptors (Lipinski definition) is 2. The molecule has 3 rings (SSSR count). The number of pyridine rings is 1. The van der Waals surface area contributed by atoms with Crippen LogP contribution in [0.4, 0.5) is 0 Å². The molecule has 0 aliphatic rings. The molecular weight excluding hydrogens is 256 g/mol. The minimum atomic E-state index is -0.0858. The Morgan fingerprint density at radius 2 is 1.71 bits per heavy atom. The molecule has 1 unspecified atom stereocenters. The molecule has 0 amide bonds. The molecule has 3 aromatic rings. The van der Waals surface area contributed by atoms with Crippen LogP contribution in [-0.4, -0.2) is 4.98 Å². The van der Waals surface area contributed by atoms with Crippen molar-refractivity contribution in [1.82, 2.24) is 4.98 Å². The first kappa shape index (κ1) is 13.8. The monoisotopic (exact) mass is 276 g/mol. The highest BCUT2D eigenvalue weighted by Crippen LogP contribution is 2.23. The zero-order valence-corrected chi connectivity index (χ0v) is 12.5. The van der Waals surface area contributed by atoms with Gasteiger partial charge in [0.2, 0.25) is 0 Å². The van der Waals surface area contributed by atoms with E-state index in [9.17, 15) is 0 Å². The molecule has 1 heterocycles. The summed E-state index contributed by atoms with van der Waals surface area (Å²) < 4.78 is 0. The zero-order chi connectivity index (χ0) is 14.8. The first-order valence-electron chi connectivity index (χ1n) is 7.30. The molecule has 0 fully saturated rings. The average Bonchev–Trinajstić information content (AvgIpc) is 2.45. The SMILES string of the molecule is Cc1cc(C)cc(CC(N)c2nccc3ccccc23)c1. The average molecular weight is 276 g/mol. The summed E-state index contributed by atoms with van der Waals surface area (Å²) in [5.41, 5.74) is 11.2. The molecule has 2 heteroatoms. The predicted molar refractivity (Wildman–Crippen MR) is 88.3 cm³/mol. The summed E-state index contributed by atoms with van der Waals surface area (Å²) in [6.45, 7) is 4.25. The second-order valence-electron chi connectivity index (χ2n) is 5.72. The van der Waals surface area contributed by atoms with E-state index in [2.05, 4.69) is 49.2 Å². The van der Waals surface area contributed by atoms with Gasteiger partial charge >= 0.3 is 0 Å². The fourth-order valence-corrected chi connectivity index (χ4v) is 2.98. The van der Waals surface area contributed by atoms with Crippen molar-refractivity contribution in [2.75, 3.05) is 0 Å². The first-order valence-corrected chi connectivity index (χ1v) is 7.30. The number of aryl methyl sites for hydroxylation is 2. The Morgan fingerprint density at radius 1 is 1.00 bits per heavy atom. The third-order valence-corrected chi connectivity index (χ3v) is 3.79. The summed E-state index contributed by atoms with van der Waals surface area (Å²) in [5, 5.41) is 2.34. The van der Waals surface area contributed by atoms with Gasteiger partial charge in [0.15, 0.2) is 0 Å². The van der Waals surface area contributed by atoms with Gasteiger partial charge in [-0.3, -0.25) is 4.98 Å². The summed E-state index contributed by atoms with van der Waals surface area (Å²) in [5.74, 6) is 0. The Morgan fingerprint density at radius 3 is 2.48 bits per heavy atom. The highest BCUT2D eigenvalue weighted by Gasteiger charge is 2.12. The molecule has 0 saturated heterocycles. The molecule has 2 N–H and O–H groups in total. The molecule has 2 nitrogen and oxygen atoms in total. The lowest BCUT2D eigenvalue weighted by Crippen LogP contribution is -2.15. The van der Waals surface area contributed by atoms with Crippen LogP contribution in [0.5, 0.6) is 0 Å². The summed E-state index contributed by atoms with van der Waals surface area (Å²) >= 11 is 0. The van der Waals surface area contributed by atoms with Crippen molar-refractivity contribution in [1.29, 1.82) is 0 Å². The fourth-order valence-electron chi connectivity index (χ4n) is 2.98. The molecule has 1 aromatic heterocycles. The third-order valence-electron chi connectivity index (χ3n) is 3.79. The Balaban J connectivity index is 1.95. The molecule has 1 atom stereocenters. The highest BCUT2D eigenvalue weighted by molar-refractivity contribution is 5.84. The van der Waals surface area contributed by atoms with Crippen LogP contribution < -0.4 is 5.73 Å². The van der Waals surface area contributed by atoms with E-state index in [0.717, 1.165) is 17.5 Å². The molecule has 0 radical (unpaired) electrons. The lowest BCUT2D eigenvalue weighted by molar-refractivity contribution is 0.703. The predicted octanol–water partition coefficient (Wildman–Crippen LogP) is 4.09. The minimum Gasteiger partial charge on any atom is -0.322 e. The number of nitrogens with zero attached hydrogens (tertiary/aromatic N) is 1. The van der Waals surface area contributed by atoms with E-state index < -0.39 is 0 Å². The number of hydrogen-bond donors (Lipinski definition) is 1. The van der Waals surface area contributed by atoms with Gasteiger partial charge in [0.25, 0.3) is 0 Å². The van der Waals surface area contributed by atoms with E-state index in [1.165, 1.54) is 22.1 Å². The molecule has 21 heavy (non-hydrogen) atoms. The standard InChI is InChI=1S/C19H20N2/c1-13-9-14(2)11-15(10-13)12-18(20)19-17-6-4-3-5-16(17)7-8-21-19/h3-11,18H,12,20H2,1-2H3. The lowest BCUT2D eigenvalue weighted by atomic mass is 9.97. The Kier molecular flexibility index (Phi) is 3.72.